The summed E-state index contributed by atoms with van der Waals surface area (Å²) >= 11 is 0. The molecule has 338 valence electrons. The second kappa shape index (κ2) is 17.7. The molecule has 1 atom stereocenters. The standard InChI is InChI=1S/C48H55FN12O4/c1-28-22-35(37(49)23-34(28)30(3)53-45(63)44-56-46(65-57-44)48(4,5)6)42-36-24-38(54-43(36)52-27-51-42)32-7-10-40(50-25-32)60-19-17-58(18-20-60)26-31-11-14-59(15-12-31)33-8-9-39(29(2)21-33)61-16-13-41(62)55-47(61)64/h7-10,21-25,27,30-31H,11-20,26H2,1-6H3,(H,53,63)(H,51,52,54)(H,55,62,64). The molecule has 4 amide bonds. The molecule has 65 heavy (non-hydrogen) atoms. The fourth-order valence-electron chi connectivity index (χ4n) is 9.18. The van der Waals surface area contributed by atoms with E-state index in [2.05, 4.69) is 74.7 Å². The first-order valence-corrected chi connectivity index (χ1v) is 22.4. The Balaban J connectivity index is 0.783. The number of benzene rings is 2. The Morgan fingerprint density at radius 3 is 2.40 bits per heavy atom. The second-order valence-corrected chi connectivity index (χ2v) is 18.6. The number of urea groups is 1. The highest BCUT2D eigenvalue weighted by atomic mass is 19.1. The zero-order valence-electron chi connectivity index (χ0n) is 37.7. The molecule has 9 rings (SSSR count). The molecule has 7 heterocycles. The number of piperidine rings is 1. The number of nitrogens with one attached hydrogen (secondary N) is 3. The number of pyridine rings is 1. The van der Waals surface area contributed by atoms with Crippen LogP contribution in [-0.2, 0) is 10.2 Å². The van der Waals surface area contributed by atoms with E-state index >= 15 is 4.39 Å². The van der Waals surface area contributed by atoms with Gasteiger partial charge in [-0.05, 0) is 105 Å². The number of aromatic nitrogens is 6. The number of rotatable bonds is 10. The maximum absolute atomic E-state index is 16.0. The van der Waals surface area contributed by atoms with Crippen LogP contribution in [0.25, 0.3) is 33.5 Å². The first kappa shape index (κ1) is 43.5. The Kier molecular flexibility index (Phi) is 11.8. The van der Waals surface area contributed by atoms with Gasteiger partial charge in [0.1, 0.15) is 23.6 Å². The van der Waals surface area contributed by atoms with Crippen molar-refractivity contribution in [2.45, 2.75) is 72.3 Å². The number of aromatic amines is 1. The molecule has 16 nitrogen and oxygen atoms in total. The summed E-state index contributed by atoms with van der Waals surface area (Å²) in [6.07, 6.45) is 5.86. The van der Waals surface area contributed by atoms with Crippen molar-refractivity contribution in [2.75, 3.05) is 67.1 Å². The van der Waals surface area contributed by atoms with Gasteiger partial charge in [0.25, 0.3) is 11.7 Å². The number of hydrogen-bond acceptors (Lipinski definition) is 12. The van der Waals surface area contributed by atoms with Crippen LogP contribution < -0.4 is 25.3 Å². The van der Waals surface area contributed by atoms with E-state index in [-0.39, 0.29) is 17.8 Å². The number of imide groups is 1. The Morgan fingerprint density at radius 1 is 0.923 bits per heavy atom. The third-order valence-electron chi connectivity index (χ3n) is 12.9. The molecule has 3 aliphatic heterocycles. The molecule has 3 N–H and O–H groups in total. The molecule has 0 bridgehead atoms. The molecule has 0 aliphatic carbocycles. The maximum atomic E-state index is 16.0. The topological polar surface area (TPSA) is 182 Å². The quantitative estimate of drug-likeness (QED) is 0.127. The number of fused-ring (bicyclic) bond motifs is 1. The zero-order valence-corrected chi connectivity index (χ0v) is 37.7. The number of hydrogen-bond donors (Lipinski definition) is 3. The average Bonchev–Trinajstić information content (AvgIpc) is 3.98. The lowest BCUT2D eigenvalue weighted by atomic mass is 9.95. The van der Waals surface area contributed by atoms with Crippen molar-refractivity contribution in [3.8, 4) is 22.5 Å². The van der Waals surface area contributed by atoms with Gasteiger partial charge in [0.05, 0.1) is 11.7 Å². The van der Waals surface area contributed by atoms with Gasteiger partial charge < -0.3 is 24.6 Å². The van der Waals surface area contributed by atoms with Crippen molar-refractivity contribution in [2.24, 2.45) is 5.92 Å². The van der Waals surface area contributed by atoms with Gasteiger partial charge in [0, 0.05) is 104 Å². The summed E-state index contributed by atoms with van der Waals surface area (Å²) in [5.74, 6) is 0.656. The van der Waals surface area contributed by atoms with E-state index in [9.17, 15) is 14.4 Å². The van der Waals surface area contributed by atoms with Crippen molar-refractivity contribution < 1.29 is 23.3 Å². The summed E-state index contributed by atoms with van der Waals surface area (Å²) < 4.78 is 21.3. The third-order valence-corrected chi connectivity index (χ3v) is 12.9. The van der Waals surface area contributed by atoms with Gasteiger partial charge in [-0.25, -0.2) is 24.1 Å². The molecule has 3 saturated heterocycles. The largest absolute Gasteiger partial charge is 0.372 e. The molecule has 17 heteroatoms. The summed E-state index contributed by atoms with van der Waals surface area (Å²) in [5, 5.41) is 9.80. The number of piperazine rings is 1. The molecule has 1 unspecified atom stereocenters. The van der Waals surface area contributed by atoms with Crippen LogP contribution in [-0.4, -0.2) is 105 Å². The first-order chi connectivity index (χ1) is 31.2. The number of H-pyrrole nitrogens is 1. The van der Waals surface area contributed by atoms with Gasteiger partial charge >= 0.3 is 6.03 Å². The molecular weight excluding hydrogens is 828 g/mol. The van der Waals surface area contributed by atoms with Gasteiger partial charge in [0.15, 0.2) is 0 Å². The van der Waals surface area contributed by atoms with E-state index in [0.29, 0.717) is 52.6 Å². The van der Waals surface area contributed by atoms with Crippen molar-refractivity contribution in [1.82, 2.24) is 45.6 Å². The smallest absolute Gasteiger partial charge is 0.328 e. The Morgan fingerprint density at radius 2 is 1.71 bits per heavy atom. The maximum Gasteiger partial charge on any atom is 0.328 e. The second-order valence-electron chi connectivity index (χ2n) is 18.6. The fourth-order valence-corrected chi connectivity index (χ4v) is 9.18. The van der Waals surface area contributed by atoms with Gasteiger partial charge in [-0.15, -0.1) is 0 Å². The van der Waals surface area contributed by atoms with E-state index in [1.165, 1.54) is 18.1 Å². The minimum atomic E-state index is -0.530. The van der Waals surface area contributed by atoms with Crippen LogP contribution in [0.15, 0.2) is 65.6 Å². The van der Waals surface area contributed by atoms with Crippen molar-refractivity contribution >= 4 is 46.1 Å². The van der Waals surface area contributed by atoms with Crippen molar-refractivity contribution in [3.05, 3.63) is 95.3 Å². The van der Waals surface area contributed by atoms with Crippen LogP contribution in [0.2, 0.25) is 0 Å². The van der Waals surface area contributed by atoms with E-state index in [1.54, 1.807) is 17.9 Å². The van der Waals surface area contributed by atoms with Gasteiger partial charge in [-0.1, -0.05) is 25.9 Å². The zero-order chi connectivity index (χ0) is 45.6. The van der Waals surface area contributed by atoms with Crippen LogP contribution in [0.1, 0.15) is 86.2 Å². The number of carbonyl (C=O) groups excluding carboxylic acids is 3. The fraction of sp³-hybridized carbons (Fsp3) is 0.417. The summed E-state index contributed by atoms with van der Waals surface area (Å²) in [6, 6.07) is 14.6. The minimum absolute atomic E-state index is 0.0726. The summed E-state index contributed by atoms with van der Waals surface area (Å²) in [6.45, 7) is 18.7. The first-order valence-electron chi connectivity index (χ1n) is 22.4. The normalized spacial score (nSPS) is 17.2. The summed E-state index contributed by atoms with van der Waals surface area (Å²) in [5.41, 5.74) is 7.11. The Hall–Kier alpha value is -6.75. The highest BCUT2D eigenvalue weighted by molar-refractivity contribution is 6.06. The lowest BCUT2D eigenvalue weighted by molar-refractivity contribution is -0.120. The minimum Gasteiger partial charge on any atom is -0.372 e. The molecule has 0 saturated carbocycles. The molecule has 3 fully saturated rings. The highest BCUT2D eigenvalue weighted by Crippen LogP contribution is 2.35. The van der Waals surface area contributed by atoms with Gasteiger partial charge in [-0.3, -0.25) is 24.7 Å². The Labute approximate surface area is 377 Å². The molecule has 2 aromatic carbocycles. The predicted molar refractivity (Wildman–Crippen MR) is 246 cm³/mol. The van der Waals surface area contributed by atoms with Crippen molar-refractivity contribution in [1.29, 1.82) is 0 Å². The van der Waals surface area contributed by atoms with Crippen LogP contribution in [0, 0.1) is 25.6 Å². The molecule has 4 aromatic heterocycles. The SMILES string of the molecule is Cc1cc(-c2ncnc3[nH]c(-c4ccc(N5CCN(CC6CCN(c7ccc(N8CCC(=O)NC8=O)c(C)c7)CC6)CC5)nc4)cc23)c(F)cc1C(C)NC(=O)c1noc(C(C)(C)C)n1. The van der Waals surface area contributed by atoms with E-state index in [1.807, 2.05) is 52.9 Å². The van der Waals surface area contributed by atoms with E-state index < -0.39 is 23.2 Å². The molecule has 0 radical (unpaired) electrons. The lowest BCUT2D eigenvalue weighted by Crippen LogP contribution is -2.49. The number of halogens is 1. The monoisotopic (exact) mass is 882 g/mol. The number of aryl methyl sites for hydroxylation is 2. The molecule has 0 spiro atoms. The lowest BCUT2D eigenvalue weighted by Gasteiger charge is -2.40. The van der Waals surface area contributed by atoms with Gasteiger partial charge in [-0.2, -0.15) is 4.98 Å². The number of nitrogens with zero attached hydrogens (tertiary/aromatic N) is 9. The summed E-state index contributed by atoms with van der Waals surface area (Å²) in [4.78, 5) is 67.4. The van der Waals surface area contributed by atoms with Gasteiger partial charge in [0.2, 0.25) is 11.8 Å². The number of carbonyl (C=O) groups is 3. The third kappa shape index (κ3) is 9.14. The molecular formula is C48H55FN12O4. The van der Waals surface area contributed by atoms with E-state index in [0.717, 1.165) is 92.5 Å². The highest BCUT2D eigenvalue weighted by Gasteiger charge is 2.29. The molecule has 6 aromatic rings. The number of anilines is 3. The Bertz CT molecular complexity index is 2750. The molecule has 3 aliphatic rings. The van der Waals surface area contributed by atoms with Crippen molar-refractivity contribution in [3.63, 3.8) is 0 Å². The number of amides is 4. The van der Waals surface area contributed by atoms with E-state index in [4.69, 9.17) is 9.51 Å². The summed E-state index contributed by atoms with van der Waals surface area (Å²) in [7, 11) is 0. The predicted octanol–water partition coefficient (Wildman–Crippen LogP) is 7.10. The average molecular weight is 883 g/mol. The van der Waals surface area contributed by atoms with Crippen LogP contribution in [0.5, 0.6) is 0 Å². The van der Waals surface area contributed by atoms with Crippen LogP contribution in [0.3, 0.4) is 0 Å². The van der Waals surface area contributed by atoms with Crippen LogP contribution in [0.4, 0.5) is 26.4 Å². The van der Waals surface area contributed by atoms with Crippen LogP contribution >= 0.6 is 0 Å².